The van der Waals surface area contributed by atoms with Gasteiger partial charge in [0.15, 0.2) is 0 Å². The summed E-state index contributed by atoms with van der Waals surface area (Å²) in [6, 6.07) is 0. The minimum absolute atomic E-state index is 0.238. The van der Waals surface area contributed by atoms with Crippen LogP contribution < -0.4 is 0 Å². The summed E-state index contributed by atoms with van der Waals surface area (Å²) in [6.45, 7) is 1.74. The zero-order chi connectivity index (χ0) is 6.69. The number of carbonyl (C=O) groups is 1. The highest BCUT2D eigenvalue weighted by molar-refractivity contribution is 5.99. The lowest BCUT2D eigenvalue weighted by Gasteiger charge is -2.03. The minimum Gasteiger partial charge on any atom is -0.407 e. The highest BCUT2D eigenvalue weighted by Gasteiger charge is 2.05. The largest absolute Gasteiger partial charge is 0.407 e. The van der Waals surface area contributed by atoms with Crippen molar-refractivity contribution in [2.75, 3.05) is 0 Å². The molecule has 0 N–H and O–H groups in total. The molecule has 1 aliphatic heterocycles. The maximum Gasteiger partial charge on any atom is 0.312 e. The molecule has 0 unspecified atom stereocenters. The van der Waals surface area contributed by atoms with Gasteiger partial charge in [-0.15, -0.1) is 0 Å². The van der Waals surface area contributed by atoms with Crippen LogP contribution in [0.1, 0.15) is 13.3 Å². The van der Waals surface area contributed by atoms with E-state index in [-0.39, 0.29) is 5.97 Å². The maximum absolute atomic E-state index is 10.5. The summed E-state index contributed by atoms with van der Waals surface area (Å²) < 4.78 is 4.66. The molecule has 0 aromatic rings. The van der Waals surface area contributed by atoms with Crippen LogP contribution in [0.4, 0.5) is 0 Å². The molecule has 1 heterocycles. The summed E-state index contributed by atoms with van der Waals surface area (Å²) in [7, 11) is 0. The number of nitrogens with zero attached hydrogens (tertiary/aromatic N) is 1. The lowest BCUT2D eigenvalue weighted by Crippen LogP contribution is -2.11. The van der Waals surface area contributed by atoms with Gasteiger partial charge in [0.2, 0.25) is 5.90 Å². The Hall–Kier alpha value is -1.12. The molecule has 0 atom stereocenters. The topological polar surface area (TPSA) is 38.7 Å². The molecule has 0 bridgehead atoms. The molecule has 9 heavy (non-hydrogen) atoms. The summed E-state index contributed by atoms with van der Waals surface area (Å²) in [5, 5.41) is 0. The van der Waals surface area contributed by atoms with Crippen molar-refractivity contribution in [1.29, 1.82) is 0 Å². The van der Waals surface area contributed by atoms with Crippen LogP contribution in [0.15, 0.2) is 17.3 Å². The maximum atomic E-state index is 10.5. The van der Waals surface area contributed by atoms with Crippen LogP contribution >= 0.6 is 0 Å². The van der Waals surface area contributed by atoms with E-state index in [1.54, 1.807) is 19.2 Å². The molecule has 0 aliphatic carbocycles. The minimum atomic E-state index is -0.238. The third-order valence-electron chi connectivity index (χ3n) is 0.926. The van der Waals surface area contributed by atoms with E-state index < -0.39 is 0 Å². The molecule has 0 aromatic heterocycles. The monoisotopic (exact) mass is 125 g/mol. The van der Waals surface area contributed by atoms with Gasteiger partial charge in [-0.25, -0.2) is 4.99 Å². The van der Waals surface area contributed by atoms with Gasteiger partial charge in [0, 0.05) is 18.7 Å². The molecule has 0 aromatic carbocycles. The van der Waals surface area contributed by atoms with E-state index in [0.717, 1.165) is 0 Å². The van der Waals surface area contributed by atoms with Crippen molar-refractivity contribution in [2.45, 2.75) is 13.3 Å². The summed E-state index contributed by atoms with van der Waals surface area (Å²) in [4.78, 5) is 14.1. The Labute approximate surface area is 53.0 Å². The molecular formula is C6H7NO2. The Morgan fingerprint density at radius 1 is 1.89 bits per heavy atom. The van der Waals surface area contributed by atoms with Gasteiger partial charge in [-0.2, -0.15) is 0 Å². The normalized spacial score (nSPS) is 14.1. The molecular weight excluding hydrogens is 118 g/mol. The fraction of sp³-hybridized carbons (Fsp3) is 0.333. The second-order valence-electron chi connectivity index (χ2n) is 1.61. The molecule has 1 aliphatic rings. The Kier molecular flexibility index (Phi) is 1.63. The van der Waals surface area contributed by atoms with E-state index in [9.17, 15) is 4.79 Å². The second kappa shape index (κ2) is 2.44. The van der Waals surface area contributed by atoms with Crippen molar-refractivity contribution in [3.05, 3.63) is 12.3 Å². The molecule has 48 valence electrons. The fourth-order valence-electron chi connectivity index (χ4n) is 0.385. The average molecular weight is 125 g/mol. The number of hydrogen-bond acceptors (Lipinski definition) is 3. The number of aliphatic imine (C=N–C) groups is 1. The van der Waals surface area contributed by atoms with Crippen LogP contribution in [-0.4, -0.2) is 11.9 Å². The number of rotatable bonds is 1. The van der Waals surface area contributed by atoms with Crippen molar-refractivity contribution in [3.63, 3.8) is 0 Å². The van der Waals surface area contributed by atoms with Gasteiger partial charge < -0.3 is 4.74 Å². The lowest BCUT2D eigenvalue weighted by atomic mass is 10.5. The van der Waals surface area contributed by atoms with Crippen LogP contribution in [0.5, 0.6) is 0 Å². The van der Waals surface area contributed by atoms with Crippen molar-refractivity contribution >= 4 is 11.9 Å². The molecule has 1 rings (SSSR count). The lowest BCUT2D eigenvalue weighted by molar-refractivity contribution is -0.135. The van der Waals surface area contributed by atoms with E-state index in [1.807, 2.05) is 0 Å². The van der Waals surface area contributed by atoms with Crippen LogP contribution in [0.2, 0.25) is 0 Å². The van der Waals surface area contributed by atoms with Gasteiger partial charge in [0.1, 0.15) is 0 Å². The Morgan fingerprint density at radius 2 is 2.56 bits per heavy atom. The van der Waals surface area contributed by atoms with Crippen LogP contribution in [0, 0.1) is 0 Å². The van der Waals surface area contributed by atoms with E-state index in [0.29, 0.717) is 12.3 Å². The number of carbonyl (C=O) groups excluding carboxylic acids is 1. The van der Waals surface area contributed by atoms with E-state index in [1.165, 1.54) is 0 Å². The predicted molar refractivity (Wildman–Crippen MR) is 33.0 cm³/mol. The van der Waals surface area contributed by atoms with Gasteiger partial charge in [-0.3, -0.25) is 4.79 Å². The Morgan fingerprint density at radius 3 is 2.89 bits per heavy atom. The van der Waals surface area contributed by atoms with Gasteiger partial charge in [0.05, 0.1) is 0 Å². The van der Waals surface area contributed by atoms with Crippen molar-refractivity contribution < 1.29 is 9.53 Å². The first-order valence-corrected chi connectivity index (χ1v) is 2.78. The quantitative estimate of drug-likeness (QED) is 0.487. The van der Waals surface area contributed by atoms with Crippen molar-refractivity contribution in [1.82, 2.24) is 0 Å². The van der Waals surface area contributed by atoms with Gasteiger partial charge >= 0.3 is 5.97 Å². The standard InChI is InChI=1S/C6H7NO2/c1-2-6(8)9-5-3-4-7-5/h3-4H,2H2,1H3. The molecule has 3 heteroatoms. The Balaban J connectivity index is 2.25. The van der Waals surface area contributed by atoms with Gasteiger partial charge in [-0.05, 0) is 0 Å². The third kappa shape index (κ3) is 1.38. The van der Waals surface area contributed by atoms with Crippen molar-refractivity contribution in [2.24, 2.45) is 4.99 Å². The summed E-state index contributed by atoms with van der Waals surface area (Å²) in [5.74, 6) is 0.181. The van der Waals surface area contributed by atoms with Crippen LogP contribution in [-0.2, 0) is 9.53 Å². The molecule has 0 fully saturated rings. The number of esters is 1. The highest BCUT2D eigenvalue weighted by Crippen LogP contribution is 1.98. The molecule has 3 nitrogen and oxygen atoms in total. The number of ether oxygens (including phenoxy) is 1. The van der Waals surface area contributed by atoms with Gasteiger partial charge in [-0.1, -0.05) is 6.92 Å². The average Bonchev–Trinajstić information content (AvgIpc) is 1.78. The molecule has 0 spiro atoms. The zero-order valence-electron chi connectivity index (χ0n) is 5.13. The molecule has 0 amide bonds. The molecule has 0 saturated carbocycles. The summed E-state index contributed by atoms with van der Waals surface area (Å²) >= 11 is 0. The smallest absolute Gasteiger partial charge is 0.312 e. The third-order valence-corrected chi connectivity index (χ3v) is 0.926. The fourth-order valence-corrected chi connectivity index (χ4v) is 0.385. The van der Waals surface area contributed by atoms with E-state index in [4.69, 9.17) is 0 Å². The van der Waals surface area contributed by atoms with E-state index >= 15 is 0 Å². The Bertz CT molecular complexity index is 181. The first kappa shape index (κ1) is 6.01. The van der Waals surface area contributed by atoms with Crippen LogP contribution in [0.3, 0.4) is 0 Å². The summed E-state index contributed by atoms with van der Waals surface area (Å²) in [5.41, 5.74) is 0. The first-order valence-electron chi connectivity index (χ1n) is 2.78. The molecule has 0 saturated heterocycles. The second-order valence-corrected chi connectivity index (χ2v) is 1.61. The van der Waals surface area contributed by atoms with Crippen molar-refractivity contribution in [3.8, 4) is 0 Å². The summed E-state index contributed by atoms with van der Waals surface area (Å²) in [6.07, 6.45) is 3.62. The predicted octanol–water partition coefficient (Wildman–Crippen LogP) is 0.865. The first-order chi connectivity index (χ1) is 4.33. The van der Waals surface area contributed by atoms with Crippen LogP contribution in [0.25, 0.3) is 0 Å². The van der Waals surface area contributed by atoms with Gasteiger partial charge in [0.25, 0.3) is 0 Å². The zero-order valence-corrected chi connectivity index (χ0v) is 5.13. The molecule has 0 radical (unpaired) electrons. The van der Waals surface area contributed by atoms with E-state index in [2.05, 4.69) is 9.73 Å². The number of hydrogen-bond donors (Lipinski definition) is 0. The SMILES string of the molecule is CCC(=O)OC1=NC=C1. The highest BCUT2D eigenvalue weighted by atomic mass is 16.5.